The Kier molecular flexibility index (Phi) is 4.56. The van der Waals surface area contributed by atoms with Gasteiger partial charge in [-0.25, -0.2) is 0 Å². The molecule has 2 nitrogen and oxygen atoms in total. The largest absolute Gasteiger partial charge is 0.376 e. The van der Waals surface area contributed by atoms with Crippen molar-refractivity contribution in [3.05, 3.63) is 29.8 Å². The van der Waals surface area contributed by atoms with Crippen molar-refractivity contribution in [2.45, 2.75) is 32.6 Å². The highest BCUT2D eigenvalue weighted by atomic mass is 32.1. The number of nitrogens with one attached hydrogen (secondary N) is 1. The second kappa shape index (κ2) is 5.71. The van der Waals surface area contributed by atoms with Gasteiger partial charge in [0.15, 0.2) is 5.11 Å². The predicted octanol–water partition coefficient (Wildman–Crippen LogP) is 3.25. The van der Waals surface area contributed by atoms with Gasteiger partial charge in [-0.15, -0.1) is 0 Å². The van der Waals surface area contributed by atoms with Crippen molar-refractivity contribution < 1.29 is 0 Å². The molecule has 0 saturated carbocycles. The highest BCUT2D eigenvalue weighted by Crippen LogP contribution is 2.23. The molecule has 0 heterocycles. The fourth-order valence-electron chi connectivity index (χ4n) is 1.74. The zero-order chi connectivity index (χ0) is 11.3. The average Bonchev–Trinajstić information content (AvgIpc) is 2.21. The lowest BCUT2D eigenvalue weighted by atomic mass is 9.94. The van der Waals surface area contributed by atoms with Gasteiger partial charge in [-0.05, 0) is 48.7 Å². The molecule has 0 amide bonds. The van der Waals surface area contributed by atoms with Crippen molar-refractivity contribution in [2.75, 3.05) is 5.32 Å². The first kappa shape index (κ1) is 12.0. The van der Waals surface area contributed by atoms with E-state index < -0.39 is 0 Å². The molecule has 3 N–H and O–H groups in total. The summed E-state index contributed by atoms with van der Waals surface area (Å²) >= 11 is 4.77. The van der Waals surface area contributed by atoms with Gasteiger partial charge in [0.05, 0.1) is 0 Å². The summed E-state index contributed by atoms with van der Waals surface area (Å²) in [4.78, 5) is 0. The molecule has 0 aliphatic rings. The molecule has 1 rings (SSSR count). The number of hydrogen-bond donors (Lipinski definition) is 2. The van der Waals surface area contributed by atoms with Crippen LogP contribution in [-0.4, -0.2) is 5.11 Å². The average molecular weight is 222 g/mol. The van der Waals surface area contributed by atoms with Gasteiger partial charge in [0.2, 0.25) is 0 Å². The van der Waals surface area contributed by atoms with E-state index in [1.165, 1.54) is 18.4 Å². The maximum Gasteiger partial charge on any atom is 0.168 e. The molecule has 82 valence electrons. The van der Waals surface area contributed by atoms with Gasteiger partial charge in [0.1, 0.15) is 0 Å². The first-order valence-electron chi connectivity index (χ1n) is 5.33. The molecule has 0 fully saturated rings. The highest BCUT2D eigenvalue weighted by Gasteiger charge is 2.05. The van der Waals surface area contributed by atoms with E-state index in [0.29, 0.717) is 11.0 Å². The van der Waals surface area contributed by atoms with Gasteiger partial charge in [0.25, 0.3) is 0 Å². The van der Waals surface area contributed by atoms with Crippen LogP contribution in [0.15, 0.2) is 24.3 Å². The summed E-state index contributed by atoms with van der Waals surface area (Å²) in [5.74, 6) is 0.656. The van der Waals surface area contributed by atoms with E-state index in [2.05, 4.69) is 31.3 Å². The summed E-state index contributed by atoms with van der Waals surface area (Å²) in [6.45, 7) is 4.44. The van der Waals surface area contributed by atoms with Crippen molar-refractivity contribution in [2.24, 2.45) is 5.73 Å². The van der Waals surface area contributed by atoms with E-state index in [9.17, 15) is 0 Å². The van der Waals surface area contributed by atoms with Crippen LogP contribution in [0, 0.1) is 0 Å². The highest BCUT2D eigenvalue weighted by molar-refractivity contribution is 7.80. The van der Waals surface area contributed by atoms with Gasteiger partial charge in [-0.1, -0.05) is 26.0 Å². The van der Waals surface area contributed by atoms with Crippen LogP contribution in [0.5, 0.6) is 0 Å². The van der Waals surface area contributed by atoms with Gasteiger partial charge < -0.3 is 11.1 Å². The minimum atomic E-state index is 0.310. The molecule has 0 saturated heterocycles. The molecular formula is C12H18N2S. The third-order valence-corrected chi connectivity index (χ3v) is 2.74. The summed E-state index contributed by atoms with van der Waals surface area (Å²) in [5.41, 5.74) is 7.73. The zero-order valence-electron chi connectivity index (χ0n) is 9.29. The minimum absolute atomic E-state index is 0.310. The second-order valence-electron chi connectivity index (χ2n) is 3.62. The molecule has 0 spiro atoms. The fourth-order valence-corrected chi connectivity index (χ4v) is 1.86. The molecule has 0 atom stereocenters. The van der Waals surface area contributed by atoms with Crippen LogP contribution in [-0.2, 0) is 0 Å². The van der Waals surface area contributed by atoms with Gasteiger partial charge >= 0.3 is 0 Å². The number of anilines is 1. The lowest BCUT2D eigenvalue weighted by Crippen LogP contribution is -2.18. The number of rotatable bonds is 4. The number of benzene rings is 1. The lowest BCUT2D eigenvalue weighted by molar-refractivity contribution is 0.642. The summed E-state index contributed by atoms with van der Waals surface area (Å²) < 4.78 is 0. The number of hydrogen-bond acceptors (Lipinski definition) is 1. The molecule has 1 aromatic rings. The van der Waals surface area contributed by atoms with Crippen LogP contribution < -0.4 is 11.1 Å². The zero-order valence-corrected chi connectivity index (χ0v) is 10.1. The van der Waals surface area contributed by atoms with Crippen molar-refractivity contribution in [1.82, 2.24) is 0 Å². The molecule has 3 heteroatoms. The summed E-state index contributed by atoms with van der Waals surface area (Å²) in [5, 5.41) is 3.23. The van der Waals surface area contributed by atoms with Crippen molar-refractivity contribution >= 4 is 23.0 Å². The Balaban J connectivity index is 2.75. The molecule has 0 aliphatic carbocycles. The molecule has 0 aromatic heterocycles. The molecule has 0 radical (unpaired) electrons. The van der Waals surface area contributed by atoms with E-state index in [1.54, 1.807) is 0 Å². The van der Waals surface area contributed by atoms with Gasteiger partial charge in [0, 0.05) is 5.69 Å². The SMILES string of the molecule is CCC(CC)c1ccc(NC(N)=S)cc1. The van der Waals surface area contributed by atoms with Crippen LogP contribution in [0.1, 0.15) is 38.2 Å². The second-order valence-corrected chi connectivity index (χ2v) is 4.06. The molecule has 15 heavy (non-hydrogen) atoms. The summed E-state index contributed by atoms with van der Waals surface area (Å²) in [6, 6.07) is 8.32. The van der Waals surface area contributed by atoms with Crippen LogP contribution in [0.2, 0.25) is 0 Å². The van der Waals surface area contributed by atoms with E-state index in [0.717, 1.165) is 5.69 Å². The van der Waals surface area contributed by atoms with Crippen LogP contribution in [0.25, 0.3) is 0 Å². The molecule has 0 unspecified atom stereocenters. The first-order valence-corrected chi connectivity index (χ1v) is 5.74. The van der Waals surface area contributed by atoms with Gasteiger partial charge in [-0.3, -0.25) is 0 Å². The predicted molar refractivity (Wildman–Crippen MR) is 70.2 cm³/mol. The van der Waals surface area contributed by atoms with Gasteiger partial charge in [-0.2, -0.15) is 0 Å². The Labute approximate surface area is 96.9 Å². The number of thiocarbonyl (C=S) groups is 1. The molecule has 1 aromatic carbocycles. The molecular weight excluding hydrogens is 204 g/mol. The minimum Gasteiger partial charge on any atom is -0.376 e. The standard InChI is InChI=1S/C12H18N2S/c1-3-9(4-2)10-5-7-11(8-6-10)14-12(13)15/h5-9H,3-4H2,1-2H3,(H3,13,14,15). The van der Waals surface area contributed by atoms with Crippen molar-refractivity contribution in [3.8, 4) is 0 Å². The monoisotopic (exact) mass is 222 g/mol. The Morgan fingerprint density at radius 2 is 1.80 bits per heavy atom. The topological polar surface area (TPSA) is 38.0 Å². The maximum absolute atomic E-state index is 5.39. The summed E-state index contributed by atoms with van der Waals surface area (Å²) in [6.07, 6.45) is 2.36. The fraction of sp³-hybridized carbons (Fsp3) is 0.417. The third-order valence-electron chi connectivity index (χ3n) is 2.64. The maximum atomic E-state index is 5.39. The first-order chi connectivity index (χ1) is 7.17. The van der Waals surface area contributed by atoms with E-state index in [1.807, 2.05) is 12.1 Å². The van der Waals surface area contributed by atoms with Crippen molar-refractivity contribution in [3.63, 3.8) is 0 Å². The van der Waals surface area contributed by atoms with E-state index in [-0.39, 0.29) is 0 Å². The van der Waals surface area contributed by atoms with Crippen LogP contribution in [0.3, 0.4) is 0 Å². The van der Waals surface area contributed by atoms with Crippen LogP contribution in [0.4, 0.5) is 5.69 Å². The summed E-state index contributed by atoms with van der Waals surface area (Å²) in [7, 11) is 0. The molecule has 0 bridgehead atoms. The van der Waals surface area contributed by atoms with E-state index in [4.69, 9.17) is 18.0 Å². The lowest BCUT2D eigenvalue weighted by Gasteiger charge is -2.13. The number of nitrogens with two attached hydrogens (primary N) is 1. The quantitative estimate of drug-likeness (QED) is 0.768. The Morgan fingerprint density at radius 1 is 1.27 bits per heavy atom. The Morgan fingerprint density at radius 3 is 2.20 bits per heavy atom. The van der Waals surface area contributed by atoms with Crippen molar-refractivity contribution in [1.29, 1.82) is 0 Å². The Bertz CT molecular complexity index is 315. The van der Waals surface area contributed by atoms with E-state index >= 15 is 0 Å². The third kappa shape index (κ3) is 3.51. The Hall–Kier alpha value is -1.09. The smallest absolute Gasteiger partial charge is 0.168 e. The molecule has 0 aliphatic heterocycles. The van der Waals surface area contributed by atoms with Crippen LogP contribution >= 0.6 is 12.2 Å². The normalized spacial score (nSPS) is 10.3.